The van der Waals surface area contributed by atoms with Gasteiger partial charge >= 0.3 is 5.97 Å². The minimum atomic E-state index is -0.568. The maximum atomic E-state index is 12.9. The largest absolute Gasteiger partial charge is 0.460 e. The monoisotopic (exact) mass is 478 g/mol. The summed E-state index contributed by atoms with van der Waals surface area (Å²) in [5.74, 6) is 1.24. The second-order valence-electron chi connectivity index (χ2n) is 11.1. The van der Waals surface area contributed by atoms with Gasteiger partial charge in [0, 0.05) is 21.4 Å². The number of fused-ring (bicyclic) bond motifs is 3. The Kier molecular flexibility index (Phi) is 6.05. The average molecular weight is 479 g/mol. The lowest BCUT2D eigenvalue weighted by molar-refractivity contribution is -0.155. The third-order valence-electron chi connectivity index (χ3n) is 5.85. The molecule has 0 spiro atoms. The molecule has 0 bridgehead atoms. The van der Waals surface area contributed by atoms with Crippen LogP contribution >= 0.6 is 11.3 Å². The number of nitrogens with zero attached hydrogens (tertiary/aromatic N) is 4. The van der Waals surface area contributed by atoms with E-state index in [4.69, 9.17) is 9.73 Å². The molecule has 1 aromatic carbocycles. The fourth-order valence-electron chi connectivity index (χ4n) is 4.13. The lowest BCUT2D eigenvalue weighted by Crippen LogP contribution is -2.25. The first-order valence-electron chi connectivity index (χ1n) is 11.7. The number of ether oxygens (including phenoxy) is 1. The van der Waals surface area contributed by atoms with Crippen molar-refractivity contribution in [3.05, 3.63) is 63.0 Å². The average Bonchev–Trinajstić information content (AvgIpc) is 3.23. The van der Waals surface area contributed by atoms with Gasteiger partial charge in [-0.25, -0.2) is 0 Å². The van der Waals surface area contributed by atoms with Crippen LogP contribution in [0.15, 0.2) is 29.3 Å². The summed E-state index contributed by atoms with van der Waals surface area (Å²) in [6, 6.07) is 7.90. The van der Waals surface area contributed by atoms with Crippen LogP contribution in [0.1, 0.15) is 92.8 Å². The molecule has 7 heteroatoms. The molecule has 34 heavy (non-hydrogen) atoms. The number of esters is 1. The van der Waals surface area contributed by atoms with Gasteiger partial charge in [0.05, 0.1) is 12.1 Å². The molecule has 1 atom stereocenters. The van der Waals surface area contributed by atoms with Gasteiger partial charge in [-0.1, -0.05) is 50.6 Å². The highest BCUT2D eigenvalue weighted by Gasteiger charge is 2.36. The van der Waals surface area contributed by atoms with Gasteiger partial charge in [0.2, 0.25) is 0 Å². The van der Waals surface area contributed by atoms with Gasteiger partial charge in [-0.2, -0.15) is 0 Å². The minimum absolute atomic E-state index is 0.0991. The standard InChI is InChI=1S/C27H34N4O2S/c1-15-10-12-18(13-11-15)22-21-16(2)17(3)34-24(21)31-23(29-30-25(31)26(4,5)6)19(28-22)14-20(32)33-27(7,8)9/h10-13,19H,14H2,1-9H3/t19-/m0/s1. The molecule has 4 rings (SSSR count). The predicted molar refractivity (Wildman–Crippen MR) is 137 cm³/mol. The number of aliphatic imine (C=N–C) groups is 1. The summed E-state index contributed by atoms with van der Waals surface area (Å²) < 4.78 is 7.80. The second-order valence-corrected chi connectivity index (χ2v) is 12.3. The van der Waals surface area contributed by atoms with Crippen molar-refractivity contribution in [1.82, 2.24) is 14.8 Å². The molecule has 6 nitrogen and oxygen atoms in total. The first-order chi connectivity index (χ1) is 15.8. The number of aromatic nitrogens is 3. The minimum Gasteiger partial charge on any atom is -0.460 e. The highest BCUT2D eigenvalue weighted by Crippen LogP contribution is 2.41. The van der Waals surface area contributed by atoms with Crippen molar-refractivity contribution in [2.24, 2.45) is 4.99 Å². The SMILES string of the molecule is Cc1ccc(C2=N[C@@H](CC(=O)OC(C)(C)C)c3nnc(C(C)(C)C)n3-c3sc(C)c(C)c32)cc1. The lowest BCUT2D eigenvalue weighted by atomic mass is 9.95. The third kappa shape index (κ3) is 4.58. The van der Waals surface area contributed by atoms with Crippen LogP contribution in [0.4, 0.5) is 0 Å². The predicted octanol–water partition coefficient (Wildman–Crippen LogP) is 6.18. The Hall–Kier alpha value is -2.80. The zero-order chi connectivity index (χ0) is 25.0. The Balaban J connectivity index is 1.98. The molecule has 0 aliphatic carbocycles. The molecule has 0 saturated carbocycles. The van der Waals surface area contributed by atoms with Gasteiger partial charge < -0.3 is 4.74 Å². The van der Waals surface area contributed by atoms with Crippen LogP contribution in [0.5, 0.6) is 0 Å². The number of aryl methyl sites for hydroxylation is 2. The van der Waals surface area contributed by atoms with Crippen molar-refractivity contribution >= 4 is 23.0 Å². The van der Waals surface area contributed by atoms with Crippen molar-refractivity contribution in [2.45, 2.75) is 85.8 Å². The first kappa shape index (κ1) is 24.3. The lowest BCUT2D eigenvalue weighted by Gasteiger charge is -2.21. The molecule has 0 saturated heterocycles. The zero-order valence-corrected chi connectivity index (χ0v) is 22.4. The third-order valence-corrected chi connectivity index (χ3v) is 7.05. The van der Waals surface area contributed by atoms with E-state index in [1.54, 1.807) is 11.3 Å². The summed E-state index contributed by atoms with van der Waals surface area (Å²) in [6.07, 6.45) is 0.0991. The molecule has 1 aliphatic rings. The van der Waals surface area contributed by atoms with E-state index in [0.717, 1.165) is 27.7 Å². The number of carbonyl (C=O) groups is 1. The topological polar surface area (TPSA) is 69.4 Å². The molecular weight excluding hydrogens is 444 g/mol. The number of hydrogen-bond donors (Lipinski definition) is 0. The molecule has 1 aliphatic heterocycles. The van der Waals surface area contributed by atoms with Gasteiger partial charge in [0.15, 0.2) is 5.82 Å². The van der Waals surface area contributed by atoms with Crippen LogP contribution in [0.2, 0.25) is 0 Å². The molecule has 0 fully saturated rings. The highest BCUT2D eigenvalue weighted by molar-refractivity contribution is 7.15. The van der Waals surface area contributed by atoms with Gasteiger partial charge in [-0.3, -0.25) is 14.4 Å². The van der Waals surface area contributed by atoms with E-state index < -0.39 is 11.6 Å². The summed E-state index contributed by atoms with van der Waals surface area (Å²) in [5.41, 5.74) is 4.57. The number of thiophene rings is 1. The molecule has 180 valence electrons. The fourth-order valence-corrected chi connectivity index (χ4v) is 5.30. The molecule has 3 heterocycles. The van der Waals surface area contributed by atoms with Gasteiger partial charge in [0.1, 0.15) is 22.5 Å². The molecule has 0 amide bonds. The maximum absolute atomic E-state index is 12.9. The fraction of sp³-hybridized carbons (Fsp3) is 0.481. The molecule has 0 unspecified atom stereocenters. The van der Waals surface area contributed by atoms with E-state index in [1.807, 2.05) is 20.8 Å². The number of carbonyl (C=O) groups excluding carboxylic acids is 1. The van der Waals surface area contributed by atoms with Crippen LogP contribution in [0.3, 0.4) is 0 Å². The van der Waals surface area contributed by atoms with E-state index in [-0.39, 0.29) is 17.8 Å². The van der Waals surface area contributed by atoms with Crippen molar-refractivity contribution in [1.29, 1.82) is 0 Å². The van der Waals surface area contributed by atoms with Crippen molar-refractivity contribution in [2.75, 3.05) is 0 Å². The normalized spacial score (nSPS) is 15.9. The van der Waals surface area contributed by atoms with Crippen LogP contribution in [0.25, 0.3) is 5.00 Å². The Bertz CT molecular complexity index is 1270. The van der Waals surface area contributed by atoms with Crippen LogP contribution < -0.4 is 0 Å². The smallest absolute Gasteiger partial charge is 0.308 e. The van der Waals surface area contributed by atoms with Crippen LogP contribution in [-0.4, -0.2) is 32.0 Å². The highest BCUT2D eigenvalue weighted by atomic mass is 32.1. The molecule has 2 aromatic heterocycles. The Morgan fingerprint density at radius 3 is 2.26 bits per heavy atom. The summed E-state index contributed by atoms with van der Waals surface area (Å²) >= 11 is 1.73. The van der Waals surface area contributed by atoms with Crippen LogP contribution in [-0.2, 0) is 14.9 Å². The number of hydrogen-bond acceptors (Lipinski definition) is 6. The number of benzene rings is 1. The van der Waals surface area contributed by atoms with E-state index in [0.29, 0.717) is 5.82 Å². The zero-order valence-electron chi connectivity index (χ0n) is 21.6. The second kappa shape index (κ2) is 8.45. The van der Waals surface area contributed by atoms with E-state index in [9.17, 15) is 4.79 Å². The first-order valence-corrected chi connectivity index (χ1v) is 12.5. The quantitative estimate of drug-likeness (QED) is 0.422. The summed E-state index contributed by atoms with van der Waals surface area (Å²) in [7, 11) is 0. The van der Waals surface area contributed by atoms with Gasteiger partial charge in [0.25, 0.3) is 0 Å². The van der Waals surface area contributed by atoms with Crippen molar-refractivity contribution in [3.8, 4) is 5.00 Å². The maximum Gasteiger partial charge on any atom is 0.308 e. The van der Waals surface area contributed by atoms with Gasteiger partial charge in [-0.05, 0) is 47.1 Å². The van der Waals surface area contributed by atoms with Crippen LogP contribution in [0, 0.1) is 20.8 Å². The van der Waals surface area contributed by atoms with E-state index in [1.165, 1.54) is 16.0 Å². The summed E-state index contributed by atoms with van der Waals surface area (Å²) in [6.45, 7) is 18.4. The summed E-state index contributed by atoms with van der Waals surface area (Å²) in [4.78, 5) is 19.4. The van der Waals surface area contributed by atoms with E-state index >= 15 is 0 Å². The van der Waals surface area contributed by atoms with Crippen molar-refractivity contribution < 1.29 is 9.53 Å². The van der Waals surface area contributed by atoms with Gasteiger partial charge in [-0.15, -0.1) is 21.5 Å². The summed E-state index contributed by atoms with van der Waals surface area (Å²) in [5, 5.41) is 10.2. The molecular formula is C27H34N4O2S. The Labute approximate surface area is 206 Å². The molecule has 3 aromatic rings. The van der Waals surface area contributed by atoms with E-state index in [2.05, 4.69) is 80.6 Å². The van der Waals surface area contributed by atoms with Crippen molar-refractivity contribution in [3.63, 3.8) is 0 Å². The Morgan fingerprint density at radius 2 is 1.68 bits per heavy atom. The molecule has 0 N–H and O–H groups in total. The number of rotatable bonds is 3. The molecule has 0 radical (unpaired) electrons. The Morgan fingerprint density at radius 1 is 1.03 bits per heavy atom.